The average Bonchev–Trinajstić information content (AvgIpc) is 2.76. The standard InChI is InChI=1S/C13H9.C4H10N.C2H7Si.Hf/c1-3-7-12-10(5-1)9-11-6-2-4-8-13(11)12;1-4(2,3)5;1-3-2;/h1-5,7-8H,9H2;5H,1-3H3;3H,1-2H3;/q2*-1;;. The number of benzene rings is 2. The molecule has 0 saturated carbocycles. The SMILES string of the molecule is CC(C)(C)[NH-].C[SiH]C.[Hf].[c-]1cccc2c1Cc1ccccc1-2. The molecule has 0 heterocycles. The van der Waals surface area contributed by atoms with Gasteiger partial charge in [0.05, 0.1) is 0 Å². The van der Waals surface area contributed by atoms with Gasteiger partial charge in [-0.3, -0.25) is 0 Å². The van der Waals surface area contributed by atoms with Crippen LogP contribution in [0.4, 0.5) is 0 Å². The molecule has 0 unspecified atom stereocenters. The number of hydrogen-bond donors (Lipinski definition) is 0. The van der Waals surface area contributed by atoms with Crippen molar-refractivity contribution in [1.29, 1.82) is 0 Å². The van der Waals surface area contributed by atoms with Crippen molar-refractivity contribution in [1.82, 2.24) is 0 Å². The zero-order chi connectivity index (χ0) is 15.9. The number of nitrogens with one attached hydrogen (secondary N) is 1. The van der Waals surface area contributed by atoms with Crippen molar-refractivity contribution in [3.63, 3.8) is 0 Å². The van der Waals surface area contributed by atoms with Crippen LogP contribution in [-0.4, -0.2) is 15.1 Å². The Hall–Kier alpha value is -0.513. The third kappa shape index (κ3) is 7.66. The summed E-state index contributed by atoms with van der Waals surface area (Å²) in [5.74, 6) is 0. The van der Waals surface area contributed by atoms with Gasteiger partial charge in [0.15, 0.2) is 0 Å². The van der Waals surface area contributed by atoms with Gasteiger partial charge in [-0.15, -0.1) is 11.1 Å². The molecule has 1 nitrogen and oxygen atoms in total. The summed E-state index contributed by atoms with van der Waals surface area (Å²) in [6, 6.07) is 18.1. The summed E-state index contributed by atoms with van der Waals surface area (Å²) in [5.41, 5.74) is 12.2. The Morgan fingerprint density at radius 1 is 1.00 bits per heavy atom. The second-order valence-corrected chi connectivity index (χ2v) is 7.38. The summed E-state index contributed by atoms with van der Waals surface area (Å²) in [6.45, 7) is 9.98. The molecule has 117 valence electrons. The van der Waals surface area contributed by atoms with Crippen molar-refractivity contribution in [3.8, 4) is 11.1 Å². The van der Waals surface area contributed by atoms with Crippen LogP contribution in [0.1, 0.15) is 31.9 Å². The number of rotatable bonds is 0. The van der Waals surface area contributed by atoms with Crippen molar-refractivity contribution < 1.29 is 25.8 Å². The van der Waals surface area contributed by atoms with E-state index in [1.165, 1.54) is 22.3 Å². The molecule has 0 bridgehead atoms. The minimum Gasteiger partial charge on any atom is -0.673 e. The maximum absolute atomic E-state index is 6.94. The van der Waals surface area contributed by atoms with Crippen molar-refractivity contribution in [2.45, 2.75) is 45.8 Å². The van der Waals surface area contributed by atoms with E-state index in [2.05, 4.69) is 55.6 Å². The molecule has 3 heteroatoms. The number of fused-ring (bicyclic) bond motifs is 3. The second-order valence-electron chi connectivity index (χ2n) is 6.22. The molecule has 1 aliphatic rings. The van der Waals surface area contributed by atoms with Gasteiger partial charge in [-0.25, -0.2) is 0 Å². The quantitative estimate of drug-likeness (QED) is 0.307. The first-order valence-corrected chi connectivity index (χ1v) is 9.74. The summed E-state index contributed by atoms with van der Waals surface area (Å²) in [7, 11) is 0.750. The molecule has 0 amide bonds. The Balaban J connectivity index is 0.000000422. The van der Waals surface area contributed by atoms with Crippen LogP contribution in [0.15, 0.2) is 42.5 Å². The van der Waals surface area contributed by atoms with E-state index in [9.17, 15) is 0 Å². The Morgan fingerprint density at radius 3 is 2.09 bits per heavy atom. The molecule has 1 N–H and O–H groups in total. The van der Waals surface area contributed by atoms with Crippen LogP contribution >= 0.6 is 0 Å². The molecule has 0 saturated heterocycles. The smallest absolute Gasteiger partial charge is 0.0213 e. The third-order valence-corrected chi connectivity index (χ3v) is 2.62. The van der Waals surface area contributed by atoms with Crippen LogP contribution in [0.5, 0.6) is 0 Å². The summed E-state index contributed by atoms with van der Waals surface area (Å²) in [6.07, 6.45) is 1.05. The van der Waals surface area contributed by atoms with Crippen LogP contribution in [0, 0.1) is 6.07 Å². The molecular weight excluding hydrogens is 449 g/mol. The van der Waals surface area contributed by atoms with Gasteiger partial charge in [0.1, 0.15) is 0 Å². The van der Waals surface area contributed by atoms with E-state index in [0.29, 0.717) is 0 Å². The molecule has 2 aromatic carbocycles. The van der Waals surface area contributed by atoms with E-state index >= 15 is 0 Å². The first kappa shape index (κ1) is 21.5. The fourth-order valence-corrected chi connectivity index (χ4v) is 2.00. The van der Waals surface area contributed by atoms with Crippen molar-refractivity contribution in [2.75, 3.05) is 0 Å². The fraction of sp³-hybridized carbons (Fsp3) is 0.368. The largest absolute Gasteiger partial charge is 0.673 e. The van der Waals surface area contributed by atoms with Crippen LogP contribution < -0.4 is 0 Å². The molecule has 0 aromatic heterocycles. The van der Waals surface area contributed by atoms with Gasteiger partial charge in [-0.1, -0.05) is 69.3 Å². The topological polar surface area (TPSA) is 23.8 Å². The Morgan fingerprint density at radius 2 is 1.50 bits per heavy atom. The fourth-order valence-electron chi connectivity index (χ4n) is 2.00. The van der Waals surface area contributed by atoms with Crippen molar-refractivity contribution in [2.24, 2.45) is 0 Å². The molecule has 0 spiro atoms. The first-order valence-electron chi connectivity index (χ1n) is 7.43. The minimum absolute atomic E-state index is 0. The maximum Gasteiger partial charge on any atom is 0.0213 e. The van der Waals surface area contributed by atoms with Crippen LogP contribution in [0.2, 0.25) is 13.1 Å². The van der Waals surface area contributed by atoms with Crippen LogP contribution in [0.3, 0.4) is 0 Å². The van der Waals surface area contributed by atoms with Crippen molar-refractivity contribution in [3.05, 3.63) is 65.4 Å². The van der Waals surface area contributed by atoms with Gasteiger partial charge in [0, 0.05) is 35.4 Å². The van der Waals surface area contributed by atoms with Gasteiger partial charge in [-0.2, -0.15) is 29.8 Å². The molecule has 0 aliphatic heterocycles. The molecular formula is C19H26HfNSi-2. The van der Waals surface area contributed by atoms with Crippen LogP contribution in [0.25, 0.3) is 16.9 Å². The zero-order valence-electron chi connectivity index (χ0n) is 14.3. The van der Waals surface area contributed by atoms with E-state index in [4.69, 9.17) is 5.73 Å². The third-order valence-electron chi connectivity index (χ3n) is 2.62. The van der Waals surface area contributed by atoms with Crippen LogP contribution in [-0.2, 0) is 32.3 Å². The molecule has 3 rings (SSSR count). The zero-order valence-corrected chi connectivity index (χ0v) is 19.1. The summed E-state index contributed by atoms with van der Waals surface area (Å²) >= 11 is 0. The number of hydrogen-bond acceptors (Lipinski definition) is 0. The van der Waals surface area contributed by atoms with Gasteiger partial charge < -0.3 is 5.73 Å². The minimum atomic E-state index is -0.250. The second kappa shape index (κ2) is 10.3. The Kier molecular flexibility index (Phi) is 10.1. The van der Waals surface area contributed by atoms with E-state index < -0.39 is 0 Å². The monoisotopic (exact) mass is 476 g/mol. The van der Waals surface area contributed by atoms with E-state index in [-0.39, 0.29) is 31.4 Å². The van der Waals surface area contributed by atoms with E-state index in [1.54, 1.807) is 0 Å². The molecule has 22 heavy (non-hydrogen) atoms. The van der Waals surface area contributed by atoms with Gasteiger partial charge in [0.25, 0.3) is 0 Å². The van der Waals surface area contributed by atoms with E-state index in [1.807, 2.05) is 26.8 Å². The molecule has 1 aliphatic carbocycles. The van der Waals surface area contributed by atoms with Gasteiger partial charge >= 0.3 is 0 Å². The Labute approximate surface area is 157 Å². The average molecular weight is 475 g/mol. The summed E-state index contributed by atoms with van der Waals surface area (Å²) in [5, 5.41) is 0. The maximum atomic E-state index is 6.94. The predicted molar refractivity (Wildman–Crippen MR) is 96.5 cm³/mol. The molecule has 0 fully saturated rings. The molecule has 1 radical (unpaired) electrons. The first-order chi connectivity index (χ1) is 9.86. The van der Waals surface area contributed by atoms with E-state index in [0.717, 1.165) is 15.9 Å². The summed E-state index contributed by atoms with van der Waals surface area (Å²) in [4.78, 5) is 0. The normalized spacial score (nSPS) is 10.8. The molecule has 2 aromatic rings. The summed E-state index contributed by atoms with van der Waals surface area (Å²) < 4.78 is 0. The molecule has 0 atom stereocenters. The predicted octanol–water partition coefficient (Wildman–Crippen LogP) is 5.41. The van der Waals surface area contributed by atoms with Crippen molar-refractivity contribution >= 4 is 9.52 Å². The Bertz CT molecular complexity index is 512. The van der Waals surface area contributed by atoms with Gasteiger partial charge in [-0.05, 0) is 6.42 Å². The van der Waals surface area contributed by atoms with Gasteiger partial charge in [0.2, 0.25) is 0 Å².